The first-order valence-electron chi connectivity index (χ1n) is 5.51. The van der Waals surface area contributed by atoms with Gasteiger partial charge in [0.05, 0.1) is 5.69 Å². The molecule has 0 aliphatic heterocycles. The molecule has 4 heteroatoms. The third-order valence-corrected chi connectivity index (χ3v) is 2.71. The summed E-state index contributed by atoms with van der Waals surface area (Å²) in [5.41, 5.74) is 1.19. The Bertz CT molecular complexity index is 547. The molecular formula is C14H12F3N. The van der Waals surface area contributed by atoms with E-state index in [-0.39, 0.29) is 12.1 Å². The summed E-state index contributed by atoms with van der Waals surface area (Å²) < 4.78 is 39.9. The summed E-state index contributed by atoms with van der Waals surface area (Å²) in [4.78, 5) is 0. The maximum absolute atomic E-state index is 13.5. The van der Waals surface area contributed by atoms with E-state index in [1.807, 2.05) is 0 Å². The number of anilines is 1. The van der Waals surface area contributed by atoms with Crippen molar-refractivity contribution < 1.29 is 13.2 Å². The van der Waals surface area contributed by atoms with Gasteiger partial charge in [-0.2, -0.15) is 0 Å². The van der Waals surface area contributed by atoms with Gasteiger partial charge in [0.15, 0.2) is 11.6 Å². The Balaban J connectivity index is 2.19. The summed E-state index contributed by atoms with van der Waals surface area (Å²) in [6.07, 6.45) is 0. The summed E-state index contributed by atoms with van der Waals surface area (Å²) >= 11 is 0. The van der Waals surface area contributed by atoms with E-state index in [9.17, 15) is 13.2 Å². The molecule has 0 unspecified atom stereocenters. The van der Waals surface area contributed by atoms with E-state index in [0.717, 1.165) is 6.07 Å². The van der Waals surface area contributed by atoms with Crippen LogP contribution in [0, 0.1) is 24.4 Å². The van der Waals surface area contributed by atoms with Gasteiger partial charge in [-0.15, -0.1) is 0 Å². The molecule has 1 nitrogen and oxygen atoms in total. The van der Waals surface area contributed by atoms with Crippen LogP contribution >= 0.6 is 0 Å². The Morgan fingerprint density at radius 3 is 2.33 bits per heavy atom. The lowest BCUT2D eigenvalue weighted by atomic mass is 10.1. The molecule has 0 atom stereocenters. The minimum Gasteiger partial charge on any atom is -0.378 e. The van der Waals surface area contributed by atoms with E-state index < -0.39 is 17.5 Å². The van der Waals surface area contributed by atoms with Crippen molar-refractivity contribution in [3.63, 3.8) is 0 Å². The first-order chi connectivity index (χ1) is 8.59. The highest BCUT2D eigenvalue weighted by molar-refractivity contribution is 5.52. The van der Waals surface area contributed by atoms with E-state index in [2.05, 4.69) is 5.32 Å². The molecule has 0 saturated carbocycles. The zero-order valence-electron chi connectivity index (χ0n) is 9.81. The molecule has 0 aliphatic rings. The fourth-order valence-corrected chi connectivity index (χ4v) is 1.72. The van der Waals surface area contributed by atoms with Gasteiger partial charge in [-0.05, 0) is 24.6 Å². The van der Waals surface area contributed by atoms with Crippen molar-refractivity contribution in [2.45, 2.75) is 13.5 Å². The number of halogens is 3. The van der Waals surface area contributed by atoms with Crippen LogP contribution in [0.4, 0.5) is 18.9 Å². The normalized spacial score (nSPS) is 10.4. The Labute approximate surface area is 103 Å². The van der Waals surface area contributed by atoms with Gasteiger partial charge >= 0.3 is 0 Å². The van der Waals surface area contributed by atoms with E-state index in [1.54, 1.807) is 19.1 Å². The standard InChI is InChI=1S/C14H12F3N/c1-9-4-2-7-12(16)14(9)18-8-10-5-3-6-11(15)13(10)17/h2-7,18H,8H2,1H3. The Hall–Kier alpha value is -1.97. The Kier molecular flexibility index (Phi) is 3.55. The molecule has 0 fully saturated rings. The van der Waals surface area contributed by atoms with Gasteiger partial charge in [0.2, 0.25) is 0 Å². The number of rotatable bonds is 3. The van der Waals surface area contributed by atoms with E-state index in [0.29, 0.717) is 11.3 Å². The lowest BCUT2D eigenvalue weighted by molar-refractivity contribution is 0.500. The molecule has 0 bridgehead atoms. The van der Waals surface area contributed by atoms with Crippen molar-refractivity contribution in [3.05, 3.63) is 65.0 Å². The predicted octanol–water partition coefficient (Wildman–Crippen LogP) is 4.02. The third kappa shape index (κ3) is 2.47. The van der Waals surface area contributed by atoms with Gasteiger partial charge in [-0.25, -0.2) is 13.2 Å². The summed E-state index contributed by atoms with van der Waals surface area (Å²) in [7, 11) is 0. The average molecular weight is 251 g/mol. The summed E-state index contributed by atoms with van der Waals surface area (Å²) in [5, 5.41) is 2.78. The van der Waals surface area contributed by atoms with Crippen LogP contribution in [0.2, 0.25) is 0 Å². The van der Waals surface area contributed by atoms with Crippen molar-refractivity contribution in [2.24, 2.45) is 0 Å². The second-order valence-corrected chi connectivity index (χ2v) is 4.00. The smallest absolute Gasteiger partial charge is 0.163 e. The van der Waals surface area contributed by atoms with Crippen LogP contribution in [0.25, 0.3) is 0 Å². The number of hydrogen-bond acceptors (Lipinski definition) is 1. The van der Waals surface area contributed by atoms with Crippen molar-refractivity contribution >= 4 is 5.69 Å². The molecular weight excluding hydrogens is 239 g/mol. The number of nitrogens with one attached hydrogen (secondary N) is 1. The first kappa shape index (κ1) is 12.5. The van der Waals surface area contributed by atoms with Gasteiger partial charge in [-0.3, -0.25) is 0 Å². The van der Waals surface area contributed by atoms with Crippen LogP contribution in [-0.4, -0.2) is 0 Å². The predicted molar refractivity (Wildman–Crippen MR) is 64.8 cm³/mol. The lowest BCUT2D eigenvalue weighted by Gasteiger charge is -2.11. The van der Waals surface area contributed by atoms with Crippen LogP contribution in [0.3, 0.4) is 0 Å². The SMILES string of the molecule is Cc1cccc(F)c1NCc1cccc(F)c1F. The van der Waals surface area contributed by atoms with Crippen molar-refractivity contribution in [1.82, 2.24) is 0 Å². The van der Waals surface area contributed by atoms with Crippen LogP contribution < -0.4 is 5.32 Å². The van der Waals surface area contributed by atoms with Crippen LogP contribution in [0.5, 0.6) is 0 Å². The summed E-state index contributed by atoms with van der Waals surface area (Å²) in [5.74, 6) is -2.22. The molecule has 0 amide bonds. The van der Waals surface area contributed by atoms with Crippen LogP contribution in [0.15, 0.2) is 36.4 Å². The van der Waals surface area contributed by atoms with Crippen LogP contribution in [0.1, 0.15) is 11.1 Å². The topological polar surface area (TPSA) is 12.0 Å². The molecule has 18 heavy (non-hydrogen) atoms. The van der Waals surface area contributed by atoms with Gasteiger partial charge in [0, 0.05) is 12.1 Å². The molecule has 0 heterocycles. The molecule has 0 spiro atoms. The molecule has 0 saturated heterocycles. The number of para-hydroxylation sites is 1. The van der Waals surface area contributed by atoms with E-state index >= 15 is 0 Å². The second kappa shape index (κ2) is 5.12. The second-order valence-electron chi connectivity index (χ2n) is 4.00. The third-order valence-electron chi connectivity index (χ3n) is 2.71. The van der Waals surface area contributed by atoms with Crippen LogP contribution in [-0.2, 0) is 6.54 Å². The van der Waals surface area contributed by atoms with Gasteiger partial charge in [-0.1, -0.05) is 24.3 Å². The van der Waals surface area contributed by atoms with Crippen molar-refractivity contribution in [1.29, 1.82) is 0 Å². The fraction of sp³-hybridized carbons (Fsp3) is 0.143. The largest absolute Gasteiger partial charge is 0.378 e. The highest BCUT2D eigenvalue weighted by Gasteiger charge is 2.09. The summed E-state index contributed by atoms with van der Waals surface area (Å²) in [6.45, 7) is 1.78. The highest BCUT2D eigenvalue weighted by atomic mass is 19.2. The zero-order valence-corrected chi connectivity index (χ0v) is 9.81. The number of aryl methyl sites for hydroxylation is 1. The molecule has 2 rings (SSSR count). The highest BCUT2D eigenvalue weighted by Crippen LogP contribution is 2.20. The van der Waals surface area contributed by atoms with Crippen molar-refractivity contribution in [3.8, 4) is 0 Å². The molecule has 2 aromatic rings. The van der Waals surface area contributed by atoms with Gasteiger partial charge < -0.3 is 5.32 Å². The summed E-state index contributed by atoms with van der Waals surface area (Å²) in [6, 6.07) is 8.58. The molecule has 0 aromatic heterocycles. The quantitative estimate of drug-likeness (QED) is 0.868. The Morgan fingerprint density at radius 1 is 0.944 bits per heavy atom. The zero-order chi connectivity index (χ0) is 13.1. The maximum atomic E-state index is 13.5. The van der Waals surface area contributed by atoms with Gasteiger partial charge in [0.1, 0.15) is 5.82 Å². The fourth-order valence-electron chi connectivity index (χ4n) is 1.72. The monoisotopic (exact) mass is 251 g/mol. The molecule has 1 N–H and O–H groups in total. The minimum absolute atomic E-state index is 0.0331. The first-order valence-corrected chi connectivity index (χ1v) is 5.51. The van der Waals surface area contributed by atoms with Gasteiger partial charge in [0.25, 0.3) is 0 Å². The number of hydrogen-bond donors (Lipinski definition) is 1. The molecule has 0 aliphatic carbocycles. The molecule has 2 aromatic carbocycles. The van der Waals surface area contributed by atoms with E-state index in [1.165, 1.54) is 18.2 Å². The van der Waals surface area contributed by atoms with Crippen molar-refractivity contribution in [2.75, 3.05) is 5.32 Å². The molecule has 94 valence electrons. The minimum atomic E-state index is -0.904. The maximum Gasteiger partial charge on any atom is 0.163 e. The average Bonchev–Trinajstić information content (AvgIpc) is 2.33. The van der Waals surface area contributed by atoms with E-state index in [4.69, 9.17) is 0 Å². The number of benzene rings is 2. The Morgan fingerprint density at radius 2 is 1.61 bits per heavy atom. The molecule has 0 radical (unpaired) electrons. The lowest BCUT2D eigenvalue weighted by Crippen LogP contribution is -2.05.